The molecule has 0 aliphatic carbocycles. The van der Waals surface area contributed by atoms with Gasteiger partial charge in [-0.15, -0.1) is 0 Å². The van der Waals surface area contributed by atoms with Crippen molar-refractivity contribution in [2.24, 2.45) is 0 Å². The third kappa shape index (κ3) is 1.11. The minimum Gasteiger partial charge on any atom is -0.352 e. The van der Waals surface area contributed by atoms with Gasteiger partial charge in [-0.25, -0.2) is 9.97 Å². The summed E-state index contributed by atoms with van der Waals surface area (Å²) in [6, 6.07) is 7.83. The molecule has 0 atom stereocenters. The molecule has 15 heavy (non-hydrogen) atoms. The third-order valence-corrected chi connectivity index (χ3v) is 2.36. The van der Waals surface area contributed by atoms with Crippen LogP contribution in [0, 0.1) is 0 Å². The van der Waals surface area contributed by atoms with Crippen molar-refractivity contribution in [1.82, 2.24) is 15.0 Å². The molecule has 0 aliphatic heterocycles. The molecule has 0 saturated carbocycles. The first-order valence-electron chi connectivity index (χ1n) is 4.57. The van der Waals surface area contributed by atoms with E-state index in [2.05, 4.69) is 15.0 Å². The summed E-state index contributed by atoms with van der Waals surface area (Å²) in [4.78, 5) is 21.8. The minimum absolute atomic E-state index is 0.215. The van der Waals surface area contributed by atoms with Gasteiger partial charge in [0.25, 0.3) is 0 Å². The first-order valence-corrected chi connectivity index (χ1v) is 4.57. The zero-order chi connectivity index (χ0) is 10.3. The summed E-state index contributed by atoms with van der Waals surface area (Å²) in [6.45, 7) is 0. The molecule has 72 valence electrons. The molecule has 2 aromatic heterocycles. The van der Waals surface area contributed by atoms with Crippen LogP contribution in [0.15, 0.2) is 30.5 Å². The van der Waals surface area contributed by atoms with Gasteiger partial charge in [0.2, 0.25) is 0 Å². The predicted molar refractivity (Wildman–Crippen MR) is 56.8 cm³/mol. The fourth-order valence-corrected chi connectivity index (χ4v) is 1.69. The largest absolute Gasteiger partial charge is 0.352 e. The Labute approximate surface area is 85.0 Å². The highest BCUT2D eigenvalue weighted by Crippen LogP contribution is 2.22. The van der Waals surface area contributed by atoms with Crippen molar-refractivity contribution < 1.29 is 4.79 Å². The zero-order valence-corrected chi connectivity index (χ0v) is 7.77. The molecule has 3 aromatic rings. The Hall–Kier alpha value is -2.23. The number of hydrogen-bond donors (Lipinski definition) is 1. The summed E-state index contributed by atoms with van der Waals surface area (Å²) < 4.78 is 0. The van der Waals surface area contributed by atoms with E-state index in [1.165, 1.54) is 0 Å². The van der Waals surface area contributed by atoms with Crippen LogP contribution in [0.2, 0.25) is 0 Å². The lowest BCUT2D eigenvalue weighted by molar-refractivity contribution is 0.111. The summed E-state index contributed by atoms with van der Waals surface area (Å²) >= 11 is 0. The molecule has 2 heterocycles. The molecule has 0 amide bonds. The summed E-state index contributed by atoms with van der Waals surface area (Å²) in [7, 11) is 0. The molecule has 0 bridgehead atoms. The first kappa shape index (κ1) is 8.11. The fourth-order valence-electron chi connectivity index (χ4n) is 1.69. The van der Waals surface area contributed by atoms with Crippen molar-refractivity contribution in [3.63, 3.8) is 0 Å². The van der Waals surface area contributed by atoms with Gasteiger partial charge in [-0.05, 0) is 6.07 Å². The quantitative estimate of drug-likeness (QED) is 0.606. The van der Waals surface area contributed by atoms with Gasteiger partial charge in [0, 0.05) is 10.9 Å². The Morgan fingerprint density at radius 2 is 2.07 bits per heavy atom. The van der Waals surface area contributed by atoms with Crippen LogP contribution in [0.3, 0.4) is 0 Å². The average molecular weight is 197 g/mol. The van der Waals surface area contributed by atoms with Gasteiger partial charge < -0.3 is 4.98 Å². The molecule has 1 N–H and O–H groups in total. The van der Waals surface area contributed by atoms with Gasteiger partial charge in [-0.2, -0.15) is 0 Å². The van der Waals surface area contributed by atoms with E-state index in [1.807, 2.05) is 24.3 Å². The second-order valence-corrected chi connectivity index (χ2v) is 3.28. The van der Waals surface area contributed by atoms with Crippen molar-refractivity contribution in [2.45, 2.75) is 0 Å². The molecule has 0 saturated heterocycles. The molecule has 4 heteroatoms. The number of H-pyrrole nitrogens is 1. The number of carbonyl (C=O) groups excluding carboxylic acids is 1. The highest BCUT2D eigenvalue weighted by Gasteiger charge is 2.05. The lowest BCUT2D eigenvalue weighted by Crippen LogP contribution is -1.90. The number of benzene rings is 1. The normalized spacial score (nSPS) is 10.9. The molecule has 0 aliphatic rings. The number of aldehydes is 1. The minimum atomic E-state index is 0.215. The number of carbonyl (C=O) groups is 1. The zero-order valence-electron chi connectivity index (χ0n) is 7.77. The Bertz CT molecular complexity index is 657. The number of rotatable bonds is 1. The maximum atomic E-state index is 10.6. The van der Waals surface area contributed by atoms with Crippen molar-refractivity contribution in [1.29, 1.82) is 0 Å². The van der Waals surface area contributed by atoms with Crippen molar-refractivity contribution in [3.8, 4) is 0 Å². The van der Waals surface area contributed by atoms with Crippen molar-refractivity contribution in [3.05, 3.63) is 36.3 Å². The van der Waals surface area contributed by atoms with Crippen LogP contribution >= 0.6 is 0 Å². The third-order valence-electron chi connectivity index (χ3n) is 2.36. The monoisotopic (exact) mass is 197 g/mol. The van der Waals surface area contributed by atoms with E-state index >= 15 is 0 Å². The molecule has 4 nitrogen and oxygen atoms in total. The van der Waals surface area contributed by atoms with Crippen LogP contribution in [0.4, 0.5) is 0 Å². The van der Waals surface area contributed by atoms with Gasteiger partial charge in [0.05, 0.1) is 17.2 Å². The Balaban J connectivity index is 2.51. The molecule has 0 fully saturated rings. The predicted octanol–water partition coefficient (Wildman–Crippen LogP) is 1.92. The summed E-state index contributed by atoms with van der Waals surface area (Å²) in [5.41, 5.74) is 2.65. The number of nitrogens with one attached hydrogen (secondary N) is 1. The van der Waals surface area contributed by atoms with Crippen LogP contribution in [-0.4, -0.2) is 21.2 Å². The van der Waals surface area contributed by atoms with Crippen LogP contribution in [-0.2, 0) is 0 Å². The van der Waals surface area contributed by atoms with Crippen LogP contribution in [0.25, 0.3) is 21.9 Å². The second-order valence-electron chi connectivity index (χ2n) is 3.28. The average Bonchev–Trinajstić information content (AvgIpc) is 2.66. The maximum Gasteiger partial charge on any atom is 0.193 e. The van der Waals surface area contributed by atoms with E-state index in [-0.39, 0.29) is 5.82 Å². The smallest absolute Gasteiger partial charge is 0.193 e. The van der Waals surface area contributed by atoms with Gasteiger partial charge in [-0.1, -0.05) is 18.2 Å². The van der Waals surface area contributed by atoms with Crippen LogP contribution < -0.4 is 0 Å². The molecule has 0 unspecified atom stereocenters. The van der Waals surface area contributed by atoms with E-state index in [0.29, 0.717) is 6.29 Å². The Morgan fingerprint density at radius 3 is 2.93 bits per heavy atom. The molecule has 3 rings (SSSR count). The molecular formula is C11H7N3O. The van der Waals surface area contributed by atoms with Gasteiger partial charge in [0.15, 0.2) is 12.1 Å². The Kier molecular flexibility index (Phi) is 1.56. The summed E-state index contributed by atoms with van der Waals surface area (Å²) in [6.07, 6.45) is 2.28. The Morgan fingerprint density at radius 1 is 1.20 bits per heavy atom. The highest BCUT2D eigenvalue weighted by atomic mass is 16.1. The molecule has 0 radical (unpaired) electrons. The number of aromatic nitrogens is 3. The number of para-hydroxylation sites is 1. The molecule has 1 aromatic carbocycles. The van der Waals surface area contributed by atoms with Crippen LogP contribution in [0.1, 0.15) is 10.6 Å². The lowest BCUT2D eigenvalue weighted by atomic mass is 10.2. The molecule has 0 spiro atoms. The lowest BCUT2D eigenvalue weighted by Gasteiger charge is -1.90. The standard InChI is InChI=1S/C11H7N3O/c15-6-10-12-5-9-11(14-10)7-3-1-2-4-8(7)13-9/h1-6,13H. The van der Waals surface area contributed by atoms with E-state index < -0.39 is 0 Å². The highest BCUT2D eigenvalue weighted by molar-refractivity contribution is 6.04. The van der Waals surface area contributed by atoms with Gasteiger partial charge >= 0.3 is 0 Å². The SMILES string of the molecule is O=Cc1ncc2[nH]c3ccccc3c2n1. The van der Waals surface area contributed by atoms with Crippen LogP contribution in [0.5, 0.6) is 0 Å². The topological polar surface area (TPSA) is 58.6 Å². The number of nitrogens with zero attached hydrogens (tertiary/aromatic N) is 2. The van der Waals surface area contributed by atoms with Gasteiger partial charge in [-0.3, -0.25) is 4.79 Å². The van der Waals surface area contributed by atoms with Crippen molar-refractivity contribution >= 4 is 28.2 Å². The fraction of sp³-hybridized carbons (Fsp3) is 0. The number of aromatic amines is 1. The number of fused-ring (bicyclic) bond motifs is 3. The van der Waals surface area contributed by atoms with Gasteiger partial charge in [0.1, 0.15) is 0 Å². The second kappa shape index (κ2) is 2.88. The summed E-state index contributed by atoms with van der Waals surface area (Å²) in [5, 5.41) is 1.01. The van der Waals surface area contributed by atoms with E-state index in [1.54, 1.807) is 6.20 Å². The molecular weight excluding hydrogens is 190 g/mol. The van der Waals surface area contributed by atoms with Crippen molar-refractivity contribution in [2.75, 3.05) is 0 Å². The number of hydrogen-bond acceptors (Lipinski definition) is 3. The van der Waals surface area contributed by atoms with E-state index in [9.17, 15) is 4.79 Å². The maximum absolute atomic E-state index is 10.6. The summed E-state index contributed by atoms with van der Waals surface area (Å²) in [5.74, 6) is 0.215. The van der Waals surface area contributed by atoms with E-state index in [4.69, 9.17) is 0 Å². The first-order chi connectivity index (χ1) is 7.38. The van der Waals surface area contributed by atoms with E-state index in [0.717, 1.165) is 21.9 Å².